The second kappa shape index (κ2) is 20.6. The number of aliphatic hydroxyl groups is 3. The standard InChI is InChI=1S/C53H80O22S2/c1-26(25-54)9-12-49(4,56)48-28(3)17-37-36(70-48)23-44-53(8,73-37)47(55)46-40(69-44)21-39-45(71-46)27(2)10-13-51(6)42(68-39)24-41-52(7,75-51)14-11-29-30(67-41)18-32-31(64-29)19-33-34(65-32)20-38-35(66-33)22-43(74-77(60,61)62)50(5,72-38)15-16-63-76(57,58)59/h9,12,27,29-48,54-56H,1,3,10-11,13-25H2,2,4-8H3,(H,57,58,59)(H,60,61,62)/b12-9+/t27-,29-,30+,31+,32-,33-,34+,35+,36+,37-,38-,39-,40+,41-,42+,43-,44-,45+,46+,47+,48-,49+,50+,51-,52+,53-/m0/s1. The molecule has 0 aromatic heterocycles. The minimum atomic E-state index is -4.95. The number of hydrogen-bond acceptors (Lipinski definition) is 20. The number of hydrogen-bond donors (Lipinski definition) is 5. The molecule has 11 aliphatic heterocycles. The van der Waals surface area contributed by atoms with Gasteiger partial charge >= 0.3 is 20.8 Å². The lowest BCUT2D eigenvalue weighted by atomic mass is 9.73. The van der Waals surface area contributed by atoms with Crippen LogP contribution in [0.2, 0.25) is 0 Å². The van der Waals surface area contributed by atoms with Gasteiger partial charge in [0.15, 0.2) is 0 Å². The van der Waals surface area contributed by atoms with Crippen molar-refractivity contribution < 1.29 is 102 Å². The summed E-state index contributed by atoms with van der Waals surface area (Å²) < 4.78 is 151. The molecule has 5 N–H and O–H groups in total. The van der Waals surface area contributed by atoms with Crippen molar-refractivity contribution in [3.05, 3.63) is 36.5 Å². The summed E-state index contributed by atoms with van der Waals surface area (Å²) in [7, 11) is -9.74. The Morgan fingerprint density at radius 3 is 1.90 bits per heavy atom. The van der Waals surface area contributed by atoms with Crippen LogP contribution in [0.5, 0.6) is 0 Å². The minimum absolute atomic E-state index is 0.000690. The van der Waals surface area contributed by atoms with Gasteiger partial charge in [0, 0.05) is 51.4 Å². The fourth-order valence-corrected chi connectivity index (χ4v) is 16.0. The molecular formula is C53H80O22S2. The van der Waals surface area contributed by atoms with E-state index in [4.69, 9.17) is 60.8 Å². The fourth-order valence-electron chi connectivity index (χ4n) is 15.1. The van der Waals surface area contributed by atoms with Crippen molar-refractivity contribution in [1.82, 2.24) is 0 Å². The molecule has 0 unspecified atom stereocenters. The first-order valence-electron chi connectivity index (χ1n) is 27.7. The molecular weight excluding hydrogens is 1050 g/mol. The van der Waals surface area contributed by atoms with Crippen molar-refractivity contribution in [2.45, 2.75) is 275 Å². The molecule has 0 bridgehead atoms. The Labute approximate surface area is 451 Å². The molecule has 22 nitrogen and oxygen atoms in total. The Kier molecular flexibility index (Phi) is 15.3. The van der Waals surface area contributed by atoms with Crippen molar-refractivity contribution in [3.8, 4) is 0 Å². The van der Waals surface area contributed by atoms with E-state index in [0.717, 1.165) is 6.42 Å². The van der Waals surface area contributed by atoms with E-state index < -0.39 is 129 Å². The SMILES string of the molecule is C=C(/C=C/[C@@](C)(O)[C@H]1O[C@@H]2C[C@@H]3O[C@@H]4C[C@@H]5O[C@@H]6C[C@@H]7O[C@@H]8C[C@@H]9O[C@@H]%10C[C@@H]%11O[C@](C)(CCOS(=O)(=O)O)[C@@H](OS(=O)(=O)O)C[C@H]%11O[C@H]%10C[C@H]9O[C@H]8CC[C@@]7(C)O[C@@]6(C)CC[C@H](C)[C@H]5O[C@H]4[C@@H](O)[C@@]3(C)O[C@H]2CC1=C)CO. The second-order valence-corrected chi connectivity index (χ2v) is 27.3. The van der Waals surface area contributed by atoms with Gasteiger partial charge in [-0.15, -0.1) is 0 Å². The lowest BCUT2D eigenvalue weighted by Crippen LogP contribution is -2.74. The molecule has 436 valence electrons. The lowest BCUT2D eigenvalue weighted by Gasteiger charge is -2.61. The zero-order valence-corrected chi connectivity index (χ0v) is 46.4. The first-order chi connectivity index (χ1) is 36.0. The van der Waals surface area contributed by atoms with Gasteiger partial charge in [0.25, 0.3) is 0 Å². The van der Waals surface area contributed by atoms with Crippen LogP contribution in [0.3, 0.4) is 0 Å². The van der Waals surface area contributed by atoms with Crippen molar-refractivity contribution in [2.24, 2.45) is 5.92 Å². The van der Waals surface area contributed by atoms with E-state index in [2.05, 4.69) is 38.1 Å². The van der Waals surface area contributed by atoms with Crippen LogP contribution in [0.15, 0.2) is 36.5 Å². The summed E-state index contributed by atoms with van der Waals surface area (Å²) in [5, 5.41) is 33.3. The molecule has 77 heavy (non-hydrogen) atoms. The van der Waals surface area contributed by atoms with Gasteiger partial charge in [-0.25, -0.2) is 8.37 Å². The van der Waals surface area contributed by atoms with E-state index >= 15 is 0 Å². The highest BCUT2D eigenvalue weighted by Gasteiger charge is 2.65. The van der Waals surface area contributed by atoms with Gasteiger partial charge in [-0.05, 0) is 83.8 Å². The largest absolute Gasteiger partial charge is 0.397 e. The summed E-state index contributed by atoms with van der Waals surface area (Å²) in [6.45, 7) is 18.8. The molecule has 0 aromatic carbocycles. The summed E-state index contributed by atoms with van der Waals surface area (Å²) in [5.41, 5.74) is -4.22. The van der Waals surface area contributed by atoms with Crippen molar-refractivity contribution in [1.29, 1.82) is 0 Å². The lowest BCUT2D eigenvalue weighted by molar-refractivity contribution is -0.369. The Hall–Kier alpha value is -1.60. The maximum Gasteiger partial charge on any atom is 0.397 e. The molecule has 0 amide bonds. The molecule has 0 spiro atoms. The van der Waals surface area contributed by atoms with Crippen molar-refractivity contribution in [2.75, 3.05) is 13.2 Å². The summed E-state index contributed by atoms with van der Waals surface area (Å²) in [6, 6.07) is 0. The molecule has 24 heteroatoms. The zero-order chi connectivity index (χ0) is 55.0. The number of ether oxygens (including phenoxy) is 11. The zero-order valence-electron chi connectivity index (χ0n) is 44.8. The van der Waals surface area contributed by atoms with Crippen LogP contribution in [0, 0.1) is 5.92 Å². The summed E-state index contributed by atoms with van der Waals surface area (Å²) in [4.78, 5) is 0. The third-order valence-corrected chi connectivity index (χ3v) is 20.4. The van der Waals surface area contributed by atoms with Gasteiger partial charge in [0.05, 0.1) is 128 Å². The van der Waals surface area contributed by atoms with Crippen LogP contribution in [0.25, 0.3) is 0 Å². The van der Waals surface area contributed by atoms with E-state index in [1.165, 1.54) is 6.92 Å². The van der Waals surface area contributed by atoms with Crippen LogP contribution in [-0.4, -0.2) is 205 Å². The molecule has 0 aromatic rings. The molecule has 0 radical (unpaired) electrons. The Morgan fingerprint density at radius 1 is 0.688 bits per heavy atom. The Balaban J connectivity index is 0.751. The first kappa shape index (κ1) is 57.2. The quantitative estimate of drug-likeness (QED) is 0.119. The topological polar surface area (TPSA) is 289 Å². The number of rotatable bonds is 10. The van der Waals surface area contributed by atoms with Gasteiger partial charge in [-0.2, -0.15) is 16.8 Å². The van der Waals surface area contributed by atoms with Gasteiger partial charge in [0.2, 0.25) is 0 Å². The summed E-state index contributed by atoms with van der Waals surface area (Å²) in [6.07, 6.45) is -1.33. The maximum absolute atomic E-state index is 12.3. The molecule has 11 saturated heterocycles. The van der Waals surface area contributed by atoms with Gasteiger partial charge in [-0.3, -0.25) is 9.11 Å². The van der Waals surface area contributed by atoms with Crippen LogP contribution in [0.1, 0.15) is 125 Å². The molecule has 11 heterocycles. The van der Waals surface area contributed by atoms with Crippen LogP contribution in [0.4, 0.5) is 0 Å². The van der Waals surface area contributed by atoms with E-state index in [0.29, 0.717) is 75.4 Å². The average Bonchev–Trinajstić information content (AvgIpc) is 3.55. The molecule has 0 aliphatic carbocycles. The van der Waals surface area contributed by atoms with E-state index in [-0.39, 0.29) is 74.2 Å². The van der Waals surface area contributed by atoms with Crippen molar-refractivity contribution >= 4 is 20.8 Å². The first-order valence-corrected chi connectivity index (χ1v) is 30.4. The normalized spacial score (nSPS) is 51.6. The number of aliphatic hydroxyl groups excluding tert-OH is 2. The van der Waals surface area contributed by atoms with E-state index in [9.17, 15) is 36.7 Å². The Morgan fingerprint density at radius 2 is 1.25 bits per heavy atom. The van der Waals surface area contributed by atoms with E-state index in [1.54, 1.807) is 19.1 Å². The molecule has 11 aliphatic rings. The Bertz CT molecular complexity index is 2490. The summed E-state index contributed by atoms with van der Waals surface area (Å²) in [5.74, 6) is 0.0578. The highest BCUT2D eigenvalue weighted by molar-refractivity contribution is 7.81. The third-order valence-electron chi connectivity index (χ3n) is 19.4. The summed E-state index contributed by atoms with van der Waals surface area (Å²) >= 11 is 0. The van der Waals surface area contributed by atoms with Gasteiger partial charge < -0.3 is 67.4 Å². The monoisotopic (exact) mass is 1130 g/mol. The minimum Gasteiger partial charge on any atom is -0.392 e. The van der Waals surface area contributed by atoms with Gasteiger partial charge in [0.1, 0.15) is 35.6 Å². The molecule has 11 fully saturated rings. The molecule has 0 saturated carbocycles. The van der Waals surface area contributed by atoms with E-state index in [1.807, 2.05) is 6.92 Å². The van der Waals surface area contributed by atoms with Gasteiger partial charge in [-0.1, -0.05) is 32.2 Å². The third kappa shape index (κ3) is 11.1. The average molecular weight is 1130 g/mol. The highest BCUT2D eigenvalue weighted by atomic mass is 32.3. The predicted molar refractivity (Wildman–Crippen MR) is 268 cm³/mol. The molecule has 11 rings (SSSR count). The predicted octanol–water partition coefficient (Wildman–Crippen LogP) is 3.48. The van der Waals surface area contributed by atoms with Crippen LogP contribution < -0.4 is 0 Å². The number of fused-ring (bicyclic) bond motifs is 10. The van der Waals surface area contributed by atoms with Crippen LogP contribution >= 0.6 is 0 Å². The highest BCUT2D eigenvalue weighted by Crippen LogP contribution is 2.54. The van der Waals surface area contributed by atoms with Crippen molar-refractivity contribution in [3.63, 3.8) is 0 Å². The van der Waals surface area contributed by atoms with Crippen LogP contribution in [-0.2, 0) is 81.3 Å². The smallest absolute Gasteiger partial charge is 0.392 e. The maximum atomic E-state index is 12.3. The molecule has 26 atom stereocenters. The second-order valence-electron chi connectivity index (χ2n) is 25.2. The fraction of sp³-hybridized carbons (Fsp3) is 0.887.